The molecule has 3 atom stereocenters. The number of aromatic hydroxyl groups is 2. The summed E-state index contributed by atoms with van der Waals surface area (Å²) in [6, 6.07) is 2.25. The van der Waals surface area contributed by atoms with Crippen LogP contribution >= 0.6 is 27.5 Å². The Morgan fingerprint density at radius 1 is 1.19 bits per heavy atom. The zero-order valence-corrected chi connectivity index (χ0v) is 21.4. The minimum atomic E-state index is -1.70. The van der Waals surface area contributed by atoms with Crippen LogP contribution in [-0.2, 0) is 4.74 Å². The minimum Gasteiger partial charge on any atom is -0.508 e. The molecule has 0 saturated carbocycles. The molecule has 0 aromatic heterocycles. The van der Waals surface area contributed by atoms with Crippen molar-refractivity contribution in [1.82, 2.24) is 0 Å². The van der Waals surface area contributed by atoms with Gasteiger partial charge in [0, 0.05) is 22.9 Å². The highest BCUT2D eigenvalue weighted by Crippen LogP contribution is 2.57. The van der Waals surface area contributed by atoms with E-state index in [1.165, 1.54) is 11.6 Å². The first-order chi connectivity index (χ1) is 14.7. The Hall–Kier alpha value is -1.63. The Labute approximate surface area is 202 Å². The van der Waals surface area contributed by atoms with E-state index < -0.39 is 33.4 Å². The van der Waals surface area contributed by atoms with Gasteiger partial charge in [0.25, 0.3) is 0 Å². The molecule has 5 nitrogen and oxygen atoms in total. The van der Waals surface area contributed by atoms with E-state index in [2.05, 4.69) is 22.0 Å². The van der Waals surface area contributed by atoms with Crippen LogP contribution in [0.3, 0.4) is 0 Å². The first-order valence-corrected chi connectivity index (χ1v) is 12.0. The summed E-state index contributed by atoms with van der Waals surface area (Å²) < 4.78 is 6.42. The predicted octanol–water partition coefficient (Wildman–Crippen LogP) is 6.24. The van der Waals surface area contributed by atoms with Gasteiger partial charge in [0.15, 0.2) is 17.2 Å². The van der Waals surface area contributed by atoms with Crippen molar-refractivity contribution in [3.63, 3.8) is 0 Å². The average molecular weight is 526 g/mol. The van der Waals surface area contributed by atoms with Crippen molar-refractivity contribution in [2.45, 2.75) is 81.2 Å². The third kappa shape index (κ3) is 4.06. The number of halogens is 2. The molecule has 174 valence electrons. The number of alkyl halides is 2. The van der Waals surface area contributed by atoms with E-state index in [1.54, 1.807) is 0 Å². The second-order valence-corrected chi connectivity index (χ2v) is 11.4. The van der Waals surface area contributed by atoms with Crippen molar-refractivity contribution in [2.75, 3.05) is 0 Å². The number of ketones is 2. The molecule has 1 heterocycles. The number of hydrogen-bond donors (Lipinski definition) is 2. The van der Waals surface area contributed by atoms with Crippen molar-refractivity contribution in [2.24, 2.45) is 0 Å². The molecule has 1 aromatic rings. The molecule has 2 N–H and O–H groups in total. The highest BCUT2D eigenvalue weighted by atomic mass is 79.9. The van der Waals surface area contributed by atoms with Crippen LogP contribution in [-0.4, -0.2) is 42.7 Å². The summed E-state index contributed by atoms with van der Waals surface area (Å²) in [5.41, 5.74) is -0.378. The number of hydrogen-bond acceptors (Lipinski definition) is 5. The molecule has 0 spiro atoms. The molecular formula is C25H30BrClO5. The standard InChI is InChI=1S/C25H30BrClO5/c1-14(2)7-6-8-15(3)9-10-25-21(30)17-11-16(28)12-18(29)20(17)22(31)24(25,27)13-19(26)23(4,5)32-25/h7,9,11-12,19,28-29H,6,8,10,13H2,1-5H3/b15-9+/t19-,24+,25+/m1/s1. The van der Waals surface area contributed by atoms with Gasteiger partial charge in [-0.2, -0.15) is 0 Å². The smallest absolute Gasteiger partial charge is 0.198 e. The van der Waals surface area contributed by atoms with E-state index in [-0.39, 0.29) is 34.5 Å². The molecule has 0 radical (unpaired) electrons. The van der Waals surface area contributed by atoms with E-state index in [9.17, 15) is 19.8 Å². The van der Waals surface area contributed by atoms with Crippen LogP contribution in [0.4, 0.5) is 0 Å². The van der Waals surface area contributed by atoms with Gasteiger partial charge < -0.3 is 14.9 Å². The summed E-state index contributed by atoms with van der Waals surface area (Å²) in [6.07, 6.45) is 6.00. The zero-order valence-electron chi connectivity index (χ0n) is 19.1. The molecule has 0 unspecified atom stereocenters. The zero-order chi connectivity index (χ0) is 24.1. The Bertz CT molecular complexity index is 1020. The number of phenolic OH excluding ortho intramolecular Hbond substituents is 2. The Morgan fingerprint density at radius 3 is 2.47 bits per heavy atom. The van der Waals surface area contributed by atoms with Gasteiger partial charge >= 0.3 is 0 Å². The lowest BCUT2D eigenvalue weighted by atomic mass is 9.63. The molecule has 1 saturated heterocycles. The highest BCUT2D eigenvalue weighted by molar-refractivity contribution is 9.09. The van der Waals surface area contributed by atoms with Gasteiger partial charge in [0.05, 0.1) is 11.2 Å². The molecule has 2 aliphatic rings. The third-order valence-corrected chi connectivity index (χ3v) is 8.48. The van der Waals surface area contributed by atoms with E-state index >= 15 is 0 Å². The van der Waals surface area contributed by atoms with Crippen LogP contribution in [0, 0.1) is 0 Å². The van der Waals surface area contributed by atoms with Crippen molar-refractivity contribution in [3.8, 4) is 11.5 Å². The van der Waals surface area contributed by atoms with Crippen LogP contribution in [0.5, 0.6) is 11.5 Å². The van der Waals surface area contributed by atoms with Gasteiger partial charge in [0.1, 0.15) is 16.4 Å². The van der Waals surface area contributed by atoms with Gasteiger partial charge in [0.2, 0.25) is 0 Å². The molecule has 1 aromatic carbocycles. The normalized spacial score (nSPS) is 29.3. The molecule has 3 rings (SSSR count). The number of phenols is 2. The third-order valence-electron chi connectivity index (χ3n) is 6.42. The van der Waals surface area contributed by atoms with Crippen molar-refractivity contribution >= 4 is 39.1 Å². The molecule has 1 aliphatic heterocycles. The topological polar surface area (TPSA) is 83.8 Å². The minimum absolute atomic E-state index is 0.0665. The molecule has 1 aliphatic carbocycles. The SMILES string of the molecule is CC(C)=CCC/C(C)=C/C[C@@]12OC(C)(C)[C@H](Br)C[C@]1(Cl)C(=O)c1c(O)cc(O)cc1C2=O. The fourth-order valence-electron chi connectivity index (χ4n) is 4.50. The number of fused-ring (bicyclic) bond motifs is 2. The van der Waals surface area contributed by atoms with Crippen LogP contribution in [0.1, 0.15) is 81.0 Å². The summed E-state index contributed by atoms with van der Waals surface area (Å²) in [7, 11) is 0. The van der Waals surface area contributed by atoms with Gasteiger partial charge in [-0.1, -0.05) is 39.2 Å². The summed E-state index contributed by atoms with van der Waals surface area (Å²) in [5, 5.41) is 20.4. The number of rotatable bonds is 5. The maximum atomic E-state index is 13.9. The number of carbonyl (C=O) groups excluding carboxylic acids is 2. The van der Waals surface area contributed by atoms with Crippen molar-refractivity contribution in [3.05, 3.63) is 46.6 Å². The summed E-state index contributed by atoms with van der Waals surface area (Å²) >= 11 is 10.6. The average Bonchev–Trinajstić information content (AvgIpc) is 2.67. The lowest BCUT2D eigenvalue weighted by Crippen LogP contribution is -2.72. The maximum Gasteiger partial charge on any atom is 0.198 e. The van der Waals surface area contributed by atoms with Gasteiger partial charge in [-0.25, -0.2) is 0 Å². The number of benzene rings is 1. The van der Waals surface area contributed by atoms with Crippen molar-refractivity contribution in [1.29, 1.82) is 0 Å². The highest BCUT2D eigenvalue weighted by Gasteiger charge is 2.69. The maximum absolute atomic E-state index is 13.9. The van der Waals surface area contributed by atoms with Crippen LogP contribution in [0.2, 0.25) is 0 Å². The largest absolute Gasteiger partial charge is 0.508 e. The van der Waals surface area contributed by atoms with E-state index in [0.29, 0.717) is 0 Å². The molecule has 32 heavy (non-hydrogen) atoms. The molecule has 7 heteroatoms. The van der Waals surface area contributed by atoms with E-state index in [4.69, 9.17) is 16.3 Å². The lowest BCUT2D eigenvalue weighted by Gasteiger charge is -2.56. The summed E-state index contributed by atoms with van der Waals surface area (Å²) in [6.45, 7) is 9.77. The van der Waals surface area contributed by atoms with Gasteiger partial charge in [-0.3, -0.25) is 9.59 Å². The predicted molar refractivity (Wildman–Crippen MR) is 129 cm³/mol. The lowest BCUT2D eigenvalue weighted by molar-refractivity contribution is -0.154. The van der Waals surface area contributed by atoms with Crippen LogP contribution in [0.15, 0.2) is 35.4 Å². The van der Waals surface area contributed by atoms with Crippen molar-refractivity contribution < 1.29 is 24.5 Å². The van der Waals surface area contributed by atoms with E-state index in [1.807, 2.05) is 40.7 Å². The monoisotopic (exact) mass is 524 g/mol. The quantitative estimate of drug-likeness (QED) is 0.351. The Kier molecular flexibility index (Phi) is 6.73. The molecule has 0 amide bonds. The number of allylic oxidation sites excluding steroid dienone is 3. The Balaban J connectivity index is 2.14. The van der Waals surface area contributed by atoms with Crippen LogP contribution < -0.4 is 0 Å². The molecule has 0 bridgehead atoms. The fraction of sp³-hybridized carbons (Fsp3) is 0.520. The van der Waals surface area contributed by atoms with E-state index in [0.717, 1.165) is 24.5 Å². The Morgan fingerprint density at radius 2 is 1.84 bits per heavy atom. The number of Topliss-reactive ketones (excluding diaryl/α,β-unsaturated/α-hetero) is 2. The van der Waals surface area contributed by atoms with Crippen LogP contribution in [0.25, 0.3) is 0 Å². The number of carbonyl (C=O) groups is 2. The fourth-order valence-corrected chi connectivity index (χ4v) is 5.72. The van der Waals surface area contributed by atoms with Gasteiger partial charge in [-0.15, -0.1) is 11.6 Å². The summed E-state index contributed by atoms with van der Waals surface area (Å²) in [4.78, 5) is 25.6. The van der Waals surface area contributed by atoms with Gasteiger partial charge in [-0.05, 0) is 59.9 Å². The number of ether oxygens (including phenoxy) is 1. The first-order valence-electron chi connectivity index (χ1n) is 10.7. The second kappa shape index (κ2) is 8.62. The molecule has 1 fully saturated rings. The molecular weight excluding hydrogens is 496 g/mol. The first kappa shape index (κ1) is 25.0. The summed E-state index contributed by atoms with van der Waals surface area (Å²) in [5.74, 6) is -1.84. The second-order valence-electron chi connectivity index (χ2n) is 9.63.